The highest BCUT2D eigenvalue weighted by Crippen LogP contribution is 2.38. The molecule has 22 heavy (non-hydrogen) atoms. The summed E-state index contributed by atoms with van der Waals surface area (Å²) in [5.41, 5.74) is 8.31. The van der Waals surface area contributed by atoms with Crippen LogP contribution in [-0.4, -0.2) is 38.7 Å². The quantitative estimate of drug-likeness (QED) is 0.581. The Morgan fingerprint density at radius 1 is 1.36 bits per heavy atom. The first-order valence-corrected chi connectivity index (χ1v) is 7.55. The van der Waals surface area contributed by atoms with Crippen molar-refractivity contribution in [3.8, 4) is 0 Å². The predicted octanol–water partition coefficient (Wildman–Crippen LogP) is 1.15. The lowest BCUT2D eigenvalue weighted by Gasteiger charge is -2.12. The maximum atomic E-state index is 11.4. The van der Waals surface area contributed by atoms with E-state index >= 15 is 0 Å². The van der Waals surface area contributed by atoms with Crippen LogP contribution in [0.1, 0.15) is 30.9 Å². The Kier molecular flexibility index (Phi) is 3.07. The second kappa shape index (κ2) is 5.10. The Balaban J connectivity index is 1.67. The number of hydrogen-bond acceptors (Lipinski definition) is 4. The van der Waals surface area contributed by atoms with Crippen molar-refractivity contribution in [3.63, 3.8) is 0 Å². The summed E-state index contributed by atoms with van der Waals surface area (Å²) in [7, 11) is 0. The zero-order valence-corrected chi connectivity index (χ0v) is 12.1. The first-order chi connectivity index (χ1) is 10.8. The second-order valence-electron chi connectivity index (χ2n) is 5.87. The molecule has 0 saturated heterocycles. The van der Waals surface area contributed by atoms with Crippen LogP contribution in [0.25, 0.3) is 21.9 Å². The van der Waals surface area contributed by atoms with Gasteiger partial charge in [-0.15, -0.1) is 0 Å². The van der Waals surface area contributed by atoms with Crippen LogP contribution >= 0.6 is 0 Å². The number of carbonyl (C=O) groups excluding carboxylic acids is 1. The first-order valence-electron chi connectivity index (χ1n) is 7.55. The van der Waals surface area contributed by atoms with Gasteiger partial charge in [0.25, 0.3) is 0 Å². The smallest absolute Gasteiger partial charge is 0.233 e. The van der Waals surface area contributed by atoms with E-state index in [1.807, 2.05) is 12.3 Å². The van der Waals surface area contributed by atoms with Crippen molar-refractivity contribution < 1.29 is 4.79 Å². The molecule has 0 unspecified atom stereocenters. The second-order valence-corrected chi connectivity index (χ2v) is 5.87. The standard InChI is InChI=1S/C15H18N6O/c16-6-12(22)19-9-2-1-8(5-9)14-13-10-3-4-17-15(10)18-7-11(13)20-21-14/h3-4,7-9,20-21H,1-2,5-6,16H2,(H,19,22)/t8-,9+/m0/s1. The minimum atomic E-state index is -0.0830. The molecule has 1 aliphatic rings. The number of rotatable bonds is 3. The Hall–Kier alpha value is -2.41. The van der Waals surface area contributed by atoms with Crippen LogP contribution in [0.5, 0.6) is 0 Å². The number of carbonyl (C=O) groups is 1. The van der Waals surface area contributed by atoms with E-state index in [0.717, 1.165) is 35.8 Å². The molecule has 7 nitrogen and oxygen atoms in total. The topological polar surface area (TPSA) is 112 Å². The van der Waals surface area contributed by atoms with Crippen molar-refractivity contribution in [1.29, 1.82) is 0 Å². The van der Waals surface area contributed by atoms with Gasteiger partial charge in [0, 0.05) is 34.6 Å². The molecule has 3 aromatic rings. The summed E-state index contributed by atoms with van der Waals surface area (Å²) in [6.45, 7) is 0.0475. The summed E-state index contributed by atoms with van der Waals surface area (Å²) in [4.78, 5) is 20.1. The van der Waals surface area contributed by atoms with Crippen molar-refractivity contribution in [1.82, 2.24) is 25.5 Å². The Labute approximate surface area is 126 Å². The van der Waals surface area contributed by atoms with Crippen LogP contribution < -0.4 is 11.1 Å². The number of aromatic nitrogens is 4. The van der Waals surface area contributed by atoms with E-state index in [1.165, 1.54) is 11.1 Å². The van der Waals surface area contributed by atoms with Gasteiger partial charge in [-0.25, -0.2) is 9.97 Å². The van der Waals surface area contributed by atoms with Crippen molar-refractivity contribution >= 4 is 27.8 Å². The molecule has 0 spiro atoms. The third-order valence-electron chi connectivity index (χ3n) is 4.53. The summed E-state index contributed by atoms with van der Waals surface area (Å²) in [6.07, 6.45) is 6.54. The van der Waals surface area contributed by atoms with Gasteiger partial charge >= 0.3 is 0 Å². The van der Waals surface area contributed by atoms with E-state index in [0.29, 0.717) is 5.92 Å². The van der Waals surface area contributed by atoms with E-state index in [9.17, 15) is 4.79 Å². The number of nitrogens with one attached hydrogen (secondary N) is 3. The lowest BCUT2D eigenvalue weighted by molar-refractivity contribution is -0.120. The highest BCUT2D eigenvalue weighted by atomic mass is 16.1. The monoisotopic (exact) mass is 298 g/mol. The van der Waals surface area contributed by atoms with Crippen molar-refractivity contribution in [2.45, 2.75) is 31.2 Å². The third kappa shape index (κ3) is 2.05. The fraction of sp³-hybridized carbons (Fsp3) is 0.400. The molecule has 114 valence electrons. The summed E-state index contributed by atoms with van der Waals surface area (Å²) >= 11 is 0. The minimum absolute atomic E-state index is 0.0475. The van der Waals surface area contributed by atoms with Crippen LogP contribution in [0.15, 0.2) is 18.5 Å². The molecule has 1 aliphatic carbocycles. The maximum Gasteiger partial charge on any atom is 0.233 e. The third-order valence-corrected chi connectivity index (χ3v) is 4.53. The summed E-state index contributed by atoms with van der Waals surface area (Å²) in [5, 5.41) is 11.7. The molecule has 4 rings (SSSR count). The Bertz CT molecular complexity index is 835. The van der Waals surface area contributed by atoms with Crippen LogP contribution in [0.2, 0.25) is 0 Å². The Morgan fingerprint density at radius 2 is 2.27 bits per heavy atom. The molecule has 1 saturated carbocycles. The van der Waals surface area contributed by atoms with E-state index in [4.69, 9.17) is 5.73 Å². The fourth-order valence-electron chi connectivity index (χ4n) is 3.51. The van der Waals surface area contributed by atoms with Gasteiger partial charge < -0.3 is 16.1 Å². The number of nitrogens with two attached hydrogens (primary N) is 1. The van der Waals surface area contributed by atoms with Gasteiger partial charge in [-0.3, -0.25) is 9.89 Å². The molecule has 0 radical (unpaired) electrons. The van der Waals surface area contributed by atoms with Gasteiger partial charge in [0.05, 0.1) is 18.3 Å². The molecule has 1 fully saturated rings. The highest BCUT2D eigenvalue weighted by Gasteiger charge is 2.29. The molecule has 7 heteroatoms. The van der Waals surface area contributed by atoms with Gasteiger partial charge in [-0.05, 0) is 25.3 Å². The summed E-state index contributed by atoms with van der Waals surface area (Å²) in [5.74, 6) is 0.303. The largest absolute Gasteiger partial charge is 0.352 e. The Morgan fingerprint density at radius 3 is 3.14 bits per heavy atom. The van der Waals surface area contributed by atoms with E-state index in [-0.39, 0.29) is 18.5 Å². The van der Waals surface area contributed by atoms with Gasteiger partial charge in [0.1, 0.15) is 0 Å². The predicted molar refractivity (Wildman–Crippen MR) is 83.3 cm³/mol. The lowest BCUT2D eigenvalue weighted by atomic mass is 9.99. The van der Waals surface area contributed by atoms with Crippen molar-refractivity contribution in [3.05, 3.63) is 24.2 Å². The molecule has 0 aromatic carbocycles. The zero-order chi connectivity index (χ0) is 15.1. The van der Waals surface area contributed by atoms with E-state index in [1.54, 1.807) is 6.20 Å². The van der Waals surface area contributed by atoms with Crippen LogP contribution in [0.3, 0.4) is 0 Å². The number of fused-ring (bicyclic) bond motifs is 3. The summed E-state index contributed by atoms with van der Waals surface area (Å²) in [6, 6.07) is 2.20. The molecule has 2 atom stereocenters. The van der Waals surface area contributed by atoms with Crippen molar-refractivity contribution in [2.24, 2.45) is 5.73 Å². The minimum Gasteiger partial charge on any atom is -0.352 e. The zero-order valence-electron chi connectivity index (χ0n) is 12.1. The molecular weight excluding hydrogens is 280 g/mol. The molecule has 0 aliphatic heterocycles. The number of aromatic amines is 2. The summed E-state index contributed by atoms with van der Waals surface area (Å²) < 4.78 is 0. The van der Waals surface area contributed by atoms with E-state index < -0.39 is 0 Å². The van der Waals surface area contributed by atoms with Crippen LogP contribution in [0.4, 0.5) is 0 Å². The van der Waals surface area contributed by atoms with Gasteiger partial charge in [-0.1, -0.05) is 0 Å². The average molecular weight is 298 g/mol. The maximum absolute atomic E-state index is 11.4. The molecule has 3 aromatic heterocycles. The van der Waals surface area contributed by atoms with E-state index in [2.05, 4.69) is 25.5 Å². The number of nitrogens with zero attached hydrogens (tertiary/aromatic N) is 2. The van der Waals surface area contributed by atoms with Crippen LogP contribution in [-0.2, 0) is 4.79 Å². The lowest BCUT2D eigenvalue weighted by Crippen LogP contribution is -2.37. The first kappa shape index (κ1) is 13.3. The average Bonchev–Trinajstić information content (AvgIpc) is 3.24. The SMILES string of the molecule is NCC(=O)N[C@@H]1CC[C@H](c2[nH][nH]c3cnc4nccc4c23)C1. The molecule has 1 amide bonds. The van der Waals surface area contributed by atoms with Crippen LogP contribution in [0, 0.1) is 0 Å². The molecule has 5 N–H and O–H groups in total. The molecular formula is C15H18N6O. The number of H-pyrrole nitrogens is 2. The van der Waals surface area contributed by atoms with Crippen molar-refractivity contribution in [2.75, 3.05) is 6.54 Å². The molecule has 3 heterocycles. The number of amides is 1. The number of hydrogen-bond donors (Lipinski definition) is 4. The van der Waals surface area contributed by atoms with Gasteiger partial charge in [0.2, 0.25) is 5.91 Å². The van der Waals surface area contributed by atoms with Gasteiger partial charge in [0.15, 0.2) is 5.65 Å². The normalized spacial score (nSPS) is 21.7. The molecule has 0 bridgehead atoms. The number of pyridine rings is 1. The highest BCUT2D eigenvalue weighted by molar-refractivity contribution is 6.04. The van der Waals surface area contributed by atoms with Gasteiger partial charge in [-0.2, -0.15) is 0 Å². The fourth-order valence-corrected chi connectivity index (χ4v) is 3.51.